The monoisotopic (exact) mass is 251 g/mol. The number of nitrogens with one attached hydrogen (secondary N) is 1. The Morgan fingerprint density at radius 3 is 3.11 bits per heavy atom. The molecule has 0 spiro atoms. The van der Waals surface area contributed by atoms with Crippen LogP contribution >= 0.6 is 0 Å². The van der Waals surface area contributed by atoms with Crippen LogP contribution in [0.1, 0.15) is 18.6 Å². The molecule has 0 bridgehead atoms. The van der Waals surface area contributed by atoms with E-state index in [4.69, 9.17) is 14.2 Å². The lowest BCUT2D eigenvalue weighted by molar-refractivity contribution is -0.146. The number of amides is 1. The van der Waals surface area contributed by atoms with Crippen LogP contribution in [-0.2, 0) is 14.3 Å². The molecule has 1 atom stereocenters. The van der Waals surface area contributed by atoms with Crippen LogP contribution in [0.3, 0.4) is 0 Å². The van der Waals surface area contributed by atoms with Crippen molar-refractivity contribution in [1.29, 1.82) is 0 Å². The van der Waals surface area contributed by atoms with Gasteiger partial charge in [-0.25, -0.2) is 0 Å². The van der Waals surface area contributed by atoms with E-state index in [0.717, 1.165) is 0 Å². The van der Waals surface area contributed by atoms with Gasteiger partial charge in [0.15, 0.2) is 11.5 Å². The smallest absolute Gasteiger partial charge is 0.303 e. The van der Waals surface area contributed by atoms with E-state index in [9.17, 15) is 9.59 Å². The maximum atomic E-state index is 11.1. The number of para-hydroxylation sites is 1. The van der Waals surface area contributed by atoms with Crippen molar-refractivity contribution in [3.05, 3.63) is 23.8 Å². The fraction of sp³-hybridized carbons (Fsp3) is 0.333. The molecule has 1 aromatic rings. The second-order valence-electron chi connectivity index (χ2n) is 3.71. The molecule has 1 unspecified atom stereocenters. The number of hydrogen-bond acceptors (Lipinski definition) is 5. The van der Waals surface area contributed by atoms with E-state index in [-0.39, 0.29) is 13.3 Å². The SMILES string of the molecule is CC(=O)OC(CNC=O)c1cccc2c1OCO2. The summed E-state index contributed by atoms with van der Waals surface area (Å²) in [6, 6.07) is 5.32. The molecule has 0 fully saturated rings. The third kappa shape index (κ3) is 2.53. The molecule has 0 aromatic heterocycles. The van der Waals surface area contributed by atoms with Crippen molar-refractivity contribution >= 4 is 12.4 Å². The van der Waals surface area contributed by atoms with Crippen LogP contribution < -0.4 is 14.8 Å². The zero-order valence-corrected chi connectivity index (χ0v) is 9.84. The van der Waals surface area contributed by atoms with Crippen molar-refractivity contribution in [1.82, 2.24) is 5.32 Å². The Balaban J connectivity index is 2.26. The number of hydrogen-bond donors (Lipinski definition) is 1. The Morgan fingerprint density at radius 1 is 1.56 bits per heavy atom. The van der Waals surface area contributed by atoms with Crippen LogP contribution in [0.25, 0.3) is 0 Å². The van der Waals surface area contributed by atoms with Gasteiger partial charge in [-0.15, -0.1) is 0 Å². The maximum absolute atomic E-state index is 11.1. The summed E-state index contributed by atoms with van der Waals surface area (Å²) in [6.45, 7) is 1.64. The molecule has 2 rings (SSSR count). The predicted molar refractivity (Wildman–Crippen MR) is 61.1 cm³/mol. The molecule has 0 aliphatic carbocycles. The maximum Gasteiger partial charge on any atom is 0.303 e. The van der Waals surface area contributed by atoms with Gasteiger partial charge < -0.3 is 19.5 Å². The van der Waals surface area contributed by atoms with Crippen LogP contribution in [0.2, 0.25) is 0 Å². The van der Waals surface area contributed by atoms with Crippen molar-refractivity contribution in [2.24, 2.45) is 0 Å². The van der Waals surface area contributed by atoms with Gasteiger partial charge in [0.2, 0.25) is 13.2 Å². The van der Waals surface area contributed by atoms with Crippen molar-refractivity contribution in [3.8, 4) is 11.5 Å². The molecule has 1 aliphatic rings. The first-order valence-electron chi connectivity index (χ1n) is 5.45. The second-order valence-corrected chi connectivity index (χ2v) is 3.71. The van der Waals surface area contributed by atoms with Crippen LogP contribution in [0.15, 0.2) is 18.2 Å². The lowest BCUT2D eigenvalue weighted by atomic mass is 10.1. The molecule has 1 N–H and O–H groups in total. The number of carbonyl (C=O) groups is 2. The summed E-state index contributed by atoms with van der Waals surface area (Å²) in [5.41, 5.74) is 0.676. The first kappa shape index (κ1) is 12.2. The fourth-order valence-electron chi connectivity index (χ4n) is 1.78. The molecule has 0 saturated carbocycles. The average molecular weight is 251 g/mol. The van der Waals surface area contributed by atoms with Crippen molar-refractivity contribution in [2.75, 3.05) is 13.3 Å². The second kappa shape index (κ2) is 5.39. The predicted octanol–water partition coefficient (Wildman–Crippen LogP) is 0.765. The molecular weight excluding hydrogens is 238 g/mol. The number of benzene rings is 1. The first-order chi connectivity index (χ1) is 8.72. The van der Waals surface area contributed by atoms with Crippen LogP contribution in [0.5, 0.6) is 11.5 Å². The fourth-order valence-corrected chi connectivity index (χ4v) is 1.78. The lowest BCUT2D eigenvalue weighted by Gasteiger charge is -2.18. The molecule has 1 heterocycles. The van der Waals surface area contributed by atoms with E-state index in [0.29, 0.717) is 23.5 Å². The summed E-state index contributed by atoms with van der Waals surface area (Å²) in [7, 11) is 0. The molecule has 1 aromatic carbocycles. The minimum atomic E-state index is -0.593. The molecule has 0 radical (unpaired) electrons. The summed E-state index contributed by atoms with van der Waals surface area (Å²) in [5.74, 6) is 0.733. The minimum Gasteiger partial charge on any atom is -0.456 e. The number of fused-ring (bicyclic) bond motifs is 1. The Kier molecular flexibility index (Phi) is 3.66. The highest BCUT2D eigenvalue weighted by Gasteiger charge is 2.25. The van der Waals surface area contributed by atoms with E-state index in [1.165, 1.54) is 6.92 Å². The Bertz CT molecular complexity index is 460. The zero-order valence-electron chi connectivity index (χ0n) is 9.84. The van der Waals surface area contributed by atoms with Crippen molar-refractivity contribution in [3.63, 3.8) is 0 Å². The number of rotatable bonds is 5. The highest BCUT2D eigenvalue weighted by Crippen LogP contribution is 2.39. The molecule has 1 aliphatic heterocycles. The van der Waals surface area contributed by atoms with Gasteiger partial charge in [-0.1, -0.05) is 12.1 Å². The Morgan fingerprint density at radius 2 is 2.39 bits per heavy atom. The molecule has 6 nitrogen and oxygen atoms in total. The highest BCUT2D eigenvalue weighted by atomic mass is 16.7. The average Bonchev–Trinajstić information content (AvgIpc) is 2.82. The summed E-state index contributed by atoms with van der Waals surface area (Å²) in [6.07, 6.45) is -0.0406. The number of esters is 1. The van der Waals surface area contributed by atoms with Crippen LogP contribution in [0, 0.1) is 0 Å². The quantitative estimate of drug-likeness (QED) is 0.618. The van der Waals surface area contributed by atoms with E-state index < -0.39 is 12.1 Å². The largest absolute Gasteiger partial charge is 0.456 e. The van der Waals surface area contributed by atoms with Gasteiger partial charge in [0.1, 0.15) is 6.10 Å². The van der Waals surface area contributed by atoms with Crippen LogP contribution in [-0.4, -0.2) is 25.7 Å². The van der Waals surface area contributed by atoms with Gasteiger partial charge in [0, 0.05) is 12.5 Å². The third-order valence-electron chi connectivity index (χ3n) is 2.47. The molecule has 6 heteroatoms. The van der Waals surface area contributed by atoms with Crippen molar-refractivity contribution < 1.29 is 23.8 Å². The summed E-state index contributed by atoms with van der Waals surface area (Å²) < 4.78 is 15.8. The molecule has 18 heavy (non-hydrogen) atoms. The van der Waals surface area contributed by atoms with Gasteiger partial charge in [-0.2, -0.15) is 0 Å². The summed E-state index contributed by atoms with van der Waals surface area (Å²) in [5, 5.41) is 2.49. The third-order valence-corrected chi connectivity index (χ3v) is 2.47. The molecule has 0 saturated heterocycles. The van der Waals surface area contributed by atoms with Crippen LogP contribution in [0.4, 0.5) is 0 Å². The highest BCUT2D eigenvalue weighted by molar-refractivity contribution is 5.66. The van der Waals surface area contributed by atoms with Gasteiger partial charge in [-0.05, 0) is 6.07 Å². The van der Waals surface area contributed by atoms with Gasteiger partial charge in [-0.3, -0.25) is 9.59 Å². The van der Waals surface area contributed by atoms with E-state index in [1.54, 1.807) is 18.2 Å². The minimum absolute atomic E-state index is 0.139. The summed E-state index contributed by atoms with van der Waals surface area (Å²) in [4.78, 5) is 21.4. The van der Waals surface area contributed by atoms with Gasteiger partial charge >= 0.3 is 5.97 Å². The summed E-state index contributed by atoms with van der Waals surface area (Å²) >= 11 is 0. The topological polar surface area (TPSA) is 73.9 Å². The zero-order chi connectivity index (χ0) is 13.0. The van der Waals surface area contributed by atoms with Gasteiger partial charge in [0.25, 0.3) is 0 Å². The van der Waals surface area contributed by atoms with E-state index in [1.807, 2.05) is 0 Å². The Labute approximate surface area is 104 Å². The van der Waals surface area contributed by atoms with E-state index in [2.05, 4.69) is 5.32 Å². The normalized spacial score (nSPS) is 13.8. The molecule has 96 valence electrons. The van der Waals surface area contributed by atoms with Crippen molar-refractivity contribution in [2.45, 2.75) is 13.0 Å². The first-order valence-corrected chi connectivity index (χ1v) is 5.45. The van der Waals surface area contributed by atoms with Gasteiger partial charge in [0.05, 0.1) is 6.54 Å². The molecule has 1 amide bonds. The molecular formula is C12H13NO5. The standard InChI is InChI=1S/C12H13NO5/c1-8(15)18-11(5-13-6-14)9-3-2-4-10-12(9)17-7-16-10/h2-4,6,11H,5,7H2,1H3,(H,13,14). The number of carbonyl (C=O) groups excluding carboxylic acids is 2. The lowest BCUT2D eigenvalue weighted by Crippen LogP contribution is -2.23. The number of ether oxygens (including phenoxy) is 3. The Hall–Kier alpha value is -2.24. The van der Waals surface area contributed by atoms with E-state index >= 15 is 0 Å².